The van der Waals surface area contributed by atoms with Crippen LogP contribution in [0.5, 0.6) is 0 Å². The van der Waals surface area contributed by atoms with E-state index in [1.165, 1.54) is 0 Å². The molecule has 1 saturated heterocycles. The topological polar surface area (TPSA) is 70.1 Å². The van der Waals surface area contributed by atoms with Crippen LogP contribution in [0.1, 0.15) is 17.5 Å². The van der Waals surface area contributed by atoms with Gasteiger partial charge < -0.3 is 14.4 Å². The second-order valence-corrected chi connectivity index (χ2v) is 9.70. The molecule has 1 atom stereocenters. The molecule has 7 heteroatoms. The van der Waals surface area contributed by atoms with Crippen LogP contribution in [0.4, 0.5) is 5.69 Å². The van der Waals surface area contributed by atoms with Gasteiger partial charge in [0.15, 0.2) is 5.82 Å². The number of hydrogen-bond acceptors (Lipinski definition) is 4. The standard InChI is InChI=1S/C28H26N6O/c1-31(2)15-20-11-27(35)34(16-20)24-7-8-25-23(12-24)18-32-17-22(21-5-3-19(14-29)4-6-21)13-26(32)28-30-9-10-33(25)28/h3-10,12-13,17,20H,11,15-16,18H2,1-2H3/t20-/m1/s1. The maximum atomic E-state index is 12.8. The van der Waals surface area contributed by atoms with Crippen molar-refractivity contribution < 1.29 is 4.79 Å². The van der Waals surface area contributed by atoms with E-state index in [0.717, 1.165) is 52.7 Å². The number of carbonyl (C=O) groups excluding carboxylic acids is 1. The molecule has 1 amide bonds. The van der Waals surface area contributed by atoms with Crippen molar-refractivity contribution in [2.45, 2.75) is 13.0 Å². The largest absolute Gasteiger partial charge is 0.340 e. The lowest BCUT2D eigenvalue weighted by Gasteiger charge is -2.20. The Bertz CT molecular complexity index is 1470. The number of hydrogen-bond donors (Lipinski definition) is 0. The lowest BCUT2D eigenvalue weighted by atomic mass is 10.1. The van der Waals surface area contributed by atoms with Crippen LogP contribution in [0, 0.1) is 17.2 Å². The molecule has 6 rings (SSSR count). The average Bonchev–Trinajstić information content (AvgIpc) is 3.56. The monoisotopic (exact) mass is 462 g/mol. The van der Waals surface area contributed by atoms with Crippen molar-refractivity contribution in [3.05, 3.63) is 78.2 Å². The number of amides is 1. The maximum Gasteiger partial charge on any atom is 0.227 e. The lowest BCUT2D eigenvalue weighted by molar-refractivity contribution is -0.117. The molecule has 2 aliphatic rings. The molecule has 2 aliphatic heterocycles. The van der Waals surface area contributed by atoms with Gasteiger partial charge in [-0.15, -0.1) is 0 Å². The van der Waals surface area contributed by atoms with E-state index in [0.29, 0.717) is 24.4 Å². The van der Waals surface area contributed by atoms with Crippen molar-refractivity contribution in [1.29, 1.82) is 5.26 Å². The highest BCUT2D eigenvalue weighted by molar-refractivity contribution is 5.96. The minimum atomic E-state index is 0.193. The Morgan fingerprint density at radius 1 is 1.11 bits per heavy atom. The molecule has 0 aliphatic carbocycles. The van der Waals surface area contributed by atoms with Crippen molar-refractivity contribution in [3.63, 3.8) is 0 Å². The minimum Gasteiger partial charge on any atom is -0.340 e. The van der Waals surface area contributed by atoms with Crippen LogP contribution in [-0.4, -0.2) is 52.1 Å². The second kappa shape index (κ2) is 8.26. The number of imidazole rings is 1. The summed E-state index contributed by atoms with van der Waals surface area (Å²) in [5.41, 5.74) is 7.02. The van der Waals surface area contributed by atoms with E-state index < -0.39 is 0 Å². The summed E-state index contributed by atoms with van der Waals surface area (Å²) in [6, 6.07) is 18.3. The van der Waals surface area contributed by atoms with Crippen molar-refractivity contribution in [2.75, 3.05) is 32.1 Å². The molecule has 2 aromatic heterocycles. The summed E-state index contributed by atoms with van der Waals surface area (Å²) in [6.07, 6.45) is 6.56. The number of carbonyl (C=O) groups is 1. The third-order valence-electron chi connectivity index (χ3n) is 6.92. The van der Waals surface area contributed by atoms with Crippen molar-refractivity contribution in [3.8, 4) is 34.4 Å². The number of nitriles is 1. The van der Waals surface area contributed by atoms with E-state index in [-0.39, 0.29) is 5.91 Å². The SMILES string of the molecule is CN(C)C[C@H]1CC(=O)N(c2ccc3c(c2)Cn2cc(-c4ccc(C#N)cc4)cc2-c2nccn2-3)C1. The molecule has 0 bridgehead atoms. The Labute approximate surface area is 204 Å². The van der Waals surface area contributed by atoms with Crippen LogP contribution in [0.15, 0.2) is 67.1 Å². The zero-order chi connectivity index (χ0) is 24.1. The van der Waals surface area contributed by atoms with Gasteiger partial charge in [-0.05, 0) is 67.5 Å². The smallest absolute Gasteiger partial charge is 0.227 e. The molecule has 4 heterocycles. The molecule has 174 valence electrons. The van der Waals surface area contributed by atoms with Crippen LogP contribution < -0.4 is 4.90 Å². The Morgan fingerprint density at radius 3 is 2.71 bits per heavy atom. The summed E-state index contributed by atoms with van der Waals surface area (Å²) >= 11 is 0. The molecular formula is C28H26N6O. The Hall–Kier alpha value is -4.15. The van der Waals surface area contributed by atoms with Gasteiger partial charge in [-0.2, -0.15) is 5.26 Å². The number of aromatic nitrogens is 3. The van der Waals surface area contributed by atoms with Crippen LogP contribution in [0.25, 0.3) is 28.3 Å². The molecule has 0 radical (unpaired) electrons. The second-order valence-electron chi connectivity index (χ2n) is 9.70. The van der Waals surface area contributed by atoms with Gasteiger partial charge in [-0.25, -0.2) is 4.98 Å². The van der Waals surface area contributed by atoms with E-state index in [1.54, 1.807) is 0 Å². The number of rotatable bonds is 4. The molecule has 0 saturated carbocycles. The van der Waals surface area contributed by atoms with E-state index in [1.807, 2.05) is 41.6 Å². The summed E-state index contributed by atoms with van der Waals surface area (Å²) in [5, 5.41) is 9.12. The van der Waals surface area contributed by atoms with E-state index in [4.69, 9.17) is 5.26 Å². The van der Waals surface area contributed by atoms with E-state index >= 15 is 0 Å². The molecule has 1 fully saturated rings. The molecule has 0 N–H and O–H groups in total. The fourth-order valence-electron chi connectivity index (χ4n) is 5.37. The van der Waals surface area contributed by atoms with Gasteiger partial charge in [0.05, 0.1) is 23.0 Å². The Balaban J connectivity index is 1.38. The first-order valence-electron chi connectivity index (χ1n) is 11.8. The zero-order valence-electron chi connectivity index (χ0n) is 19.8. The van der Waals surface area contributed by atoms with Gasteiger partial charge in [-0.3, -0.25) is 9.36 Å². The summed E-state index contributed by atoms with van der Waals surface area (Å²) in [6.45, 7) is 2.35. The van der Waals surface area contributed by atoms with E-state index in [9.17, 15) is 4.79 Å². The summed E-state index contributed by atoms with van der Waals surface area (Å²) in [7, 11) is 4.11. The first-order valence-corrected chi connectivity index (χ1v) is 11.8. The minimum absolute atomic E-state index is 0.193. The molecule has 7 nitrogen and oxygen atoms in total. The number of benzene rings is 2. The number of anilines is 1. The van der Waals surface area contributed by atoms with Gasteiger partial charge >= 0.3 is 0 Å². The fourth-order valence-corrected chi connectivity index (χ4v) is 5.37. The van der Waals surface area contributed by atoms with Gasteiger partial charge in [0, 0.05) is 55.9 Å². The first kappa shape index (κ1) is 21.4. The van der Waals surface area contributed by atoms with E-state index in [2.05, 4.69) is 69.6 Å². The Kier molecular flexibility index (Phi) is 5.05. The fraction of sp³-hybridized carbons (Fsp3) is 0.250. The molecule has 35 heavy (non-hydrogen) atoms. The molecule has 4 aromatic rings. The lowest BCUT2D eigenvalue weighted by Crippen LogP contribution is -2.27. The highest BCUT2D eigenvalue weighted by Crippen LogP contribution is 2.36. The summed E-state index contributed by atoms with van der Waals surface area (Å²) in [4.78, 5) is 21.6. The summed E-state index contributed by atoms with van der Waals surface area (Å²) in [5.74, 6) is 1.43. The third-order valence-corrected chi connectivity index (χ3v) is 6.92. The highest BCUT2D eigenvalue weighted by Gasteiger charge is 2.31. The maximum absolute atomic E-state index is 12.8. The summed E-state index contributed by atoms with van der Waals surface area (Å²) < 4.78 is 4.35. The van der Waals surface area contributed by atoms with Gasteiger partial charge in [0.1, 0.15) is 0 Å². The predicted octanol–water partition coefficient (Wildman–Crippen LogP) is 4.16. The van der Waals surface area contributed by atoms with Gasteiger partial charge in [0.25, 0.3) is 0 Å². The van der Waals surface area contributed by atoms with Crippen molar-refractivity contribution in [2.24, 2.45) is 5.92 Å². The van der Waals surface area contributed by atoms with Crippen LogP contribution in [-0.2, 0) is 11.3 Å². The molecule has 0 unspecified atom stereocenters. The normalized spacial score (nSPS) is 16.6. The molecular weight excluding hydrogens is 436 g/mol. The highest BCUT2D eigenvalue weighted by atomic mass is 16.2. The molecule has 2 aromatic carbocycles. The first-order chi connectivity index (χ1) is 17.0. The van der Waals surface area contributed by atoms with Crippen LogP contribution >= 0.6 is 0 Å². The van der Waals surface area contributed by atoms with Crippen LogP contribution in [0.3, 0.4) is 0 Å². The predicted molar refractivity (Wildman–Crippen MR) is 135 cm³/mol. The average molecular weight is 463 g/mol. The van der Waals surface area contributed by atoms with Crippen molar-refractivity contribution in [1.82, 2.24) is 19.0 Å². The number of nitrogens with zero attached hydrogens (tertiary/aromatic N) is 6. The van der Waals surface area contributed by atoms with Crippen molar-refractivity contribution >= 4 is 11.6 Å². The third kappa shape index (κ3) is 3.72. The quantitative estimate of drug-likeness (QED) is 0.402. The van der Waals surface area contributed by atoms with Gasteiger partial charge in [-0.1, -0.05) is 12.1 Å². The van der Waals surface area contributed by atoms with Crippen LogP contribution in [0.2, 0.25) is 0 Å². The number of fused-ring (bicyclic) bond motifs is 5. The zero-order valence-corrected chi connectivity index (χ0v) is 19.8. The Morgan fingerprint density at radius 2 is 1.94 bits per heavy atom. The molecule has 0 spiro atoms. The van der Waals surface area contributed by atoms with Gasteiger partial charge in [0.2, 0.25) is 5.91 Å².